The van der Waals surface area contributed by atoms with Crippen LogP contribution in [0, 0.1) is 0 Å². The Morgan fingerprint density at radius 2 is 0.889 bits per heavy atom. The highest BCUT2D eigenvalue weighted by Crippen LogP contribution is 2.46. The van der Waals surface area contributed by atoms with Crippen LogP contribution < -0.4 is 0 Å². The summed E-state index contributed by atoms with van der Waals surface area (Å²) in [6.07, 6.45) is 0. The number of hydrogen-bond donors (Lipinski definition) is 0. The summed E-state index contributed by atoms with van der Waals surface area (Å²) in [4.78, 5) is 0. The molecule has 0 amide bonds. The fraction of sp³-hybridized carbons (Fsp3) is 0. The molecule has 0 N–H and O–H groups in total. The Bertz CT molecular complexity index is 3440. The summed E-state index contributed by atoms with van der Waals surface area (Å²) < 4.78 is 9.14. The lowest BCUT2D eigenvalue weighted by Gasteiger charge is -2.18. The van der Waals surface area contributed by atoms with Crippen molar-refractivity contribution in [2.75, 3.05) is 0 Å². The molecule has 0 atom stereocenters. The lowest BCUT2D eigenvalue weighted by atomic mass is 9.85. The van der Waals surface area contributed by atoms with E-state index >= 15 is 0 Å². The first-order valence-corrected chi connectivity index (χ1v) is 19.3. The molecule has 54 heavy (non-hydrogen) atoms. The van der Waals surface area contributed by atoms with Gasteiger partial charge < -0.3 is 4.42 Å². The van der Waals surface area contributed by atoms with Crippen molar-refractivity contribution in [3.05, 3.63) is 182 Å². The third-order valence-corrected chi connectivity index (χ3v) is 12.6. The molecule has 2 heterocycles. The molecule has 0 aliphatic heterocycles. The van der Waals surface area contributed by atoms with Gasteiger partial charge in [0.25, 0.3) is 0 Å². The standard InChI is InChI=1S/C52H30OS/c1-2-11-32(12-3-1)48-39-14-6-8-16-41(39)49(42-17-9-7-15-40(42)48)37-21-20-33-28-34(18-19-35(33)29-37)36-22-26-46-45(30-36)43-24-25-44-50-38-13-5-4-10-31(38)23-27-47(50)54-52(44)51(43)53-46/h1-30H. The first-order valence-electron chi connectivity index (χ1n) is 18.5. The number of thiophene rings is 1. The summed E-state index contributed by atoms with van der Waals surface area (Å²) in [5.41, 5.74) is 9.33. The van der Waals surface area contributed by atoms with E-state index in [4.69, 9.17) is 4.42 Å². The van der Waals surface area contributed by atoms with Gasteiger partial charge in [0.05, 0.1) is 4.70 Å². The maximum absolute atomic E-state index is 6.63. The molecule has 250 valence electrons. The van der Waals surface area contributed by atoms with E-state index in [2.05, 4.69) is 182 Å². The predicted molar refractivity (Wildman–Crippen MR) is 233 cm³/mol. The molecule has 2 aromatic heterocycles. The van der Waals surface area contributed by atoms with Gasteiger partial charge in [-0.25, -0.2) is 0 Å². The van der Waals surface area contributed by atoms with E-state index in [1.54, 1.807) is 0 Å². The molecule has 10 aromatic carbocycles. The molecule has 0 spiro atoms. The van der Waals surface area contributed by atoms with E-state index in [1.165, 1.54) is 102 Å². The Hall–Kier alpha value is -6.74. The largest absolute Gasteiger partial charge is 0.455 e. The molecular weight excluding hydrogens is 673 g/mol. The highest BCUT2D eigenvalue weighted by Gasteiger charge is 2.18. The van der Waals surface area contributed by atoms with Gasteiger partial charge in [-0.3, -0.25) is 0 Å². The monoisotopic (exact) mass is 702 g/mol. The lowest BCUT2D eigenvalue weighted by molar-refractivity contribution is 0.673. The third-order valence-electron chi connectivity index (χ3n) is 11.4. The summed E-state index contributed by atoms with van der Waals surface area (Å²) in [5.74, 6) is 0. The van der Waals surface area contributed by atoms with Gasteiger partial charge >= 0.3 is 0 Å². The Morgan fingerprint density at radius 1 is 0.333 bits per heavy atom. The zero-order chi connectivity index (χ0) is 35.3. The van der Waals surface area contributed by atoms with Crippen molar-refractivity contribution in [2.45, 2.75) is 0 Å². The fourth-order valence-electron chi connectivity index (χ4n) is 8.95. The summed E-state index contributed by atoms with van der Waals surface area (Å²) in [5, 5.41) is 15.0. The molecule has 2 heteroatoms. The molecule has 12 rings (SSSR count). The molecule has 0 aliphatic rings. The number of furan rings is 1. The van der Waals surface area contributed by atoms with Gasteiger partial charge in [-0.15, -0.1) is 11.3 Å². The van der Waals surface area contributed by atoms with Gasteiger partial charge in [0, 0.05) is 26.2 Å². The highest BCUT2D eigenvalue weighted by atomic mass is 32.1. The molecule has 0 saturated heterocycles. The molecule has 0 unspecified atom stereocenters. The third kappa shape index (κ3) is 4.32. The second-order valence-corrected chi connectivity index (χ2v) is 15.4. The van der Waals surface area contributed by atoms with Crippen molar-refractivity contribution in [3.8, 4) is 33.4 Å². The quantitative estimate of drug-likeness (QED) is 0.167. The molecule has 0 fully saturated rings. The predicted octanol–water partition coefficient (Wildman–Crippen LogP) is 15.6. The summed E-state index contributed by atoms with van der Waals surface area (Å²) in [6.45, 7) is 0. The molecule has 12 aromatic rings. The average molecular weight is 703 g/mol. The molecule has 0 saturated carbocycles. The van der Waals surface area contributed by atoms with Gasteiger partial charge in [-0.1, -0.05) is 146 Å². The van der Waals surface area contributed by atoms with E-state index in [9.17, 15) is 0 Å². The second-order valence-electron chi connectivity index (χ2n) is 14.4. The average Bonchev–Trinajstić information content (AvgIpc) is 3.81. The molecule has 0 aliphatic carbocycles. The van der Waals surface area contributed by atoms with Crippen molar-refractivity contribution in [1.82, 2.24) is 0 Å². The van der Waals surface area contributed by atoms with Crippen LogP contribution in [0.3, 0.4) is 0 Å². The van der Waals surface area contributed by atoms with Crippen LogP contribution >= 0.6 is 11.3 Å². The molecule has 0 bridgehead atoms. The normalized spacial score (nSPS) is 12.1. The lowest BCUT2D eigenvalue weighted by Crippen LogP contribution is -1.90. The fourth-order valence-corrected chi connectivity index (χ4v) is 10.2. The van der Waals surface area contributed by atoms with Crippen LogP contribution in [-0.4, -0.2) is 0 Å². The first kappa shape index (κ1) is 29.8. The summed E-state index contributed by atoms with van der Waals surface area (Å²) in [6, 6.07) is 66.7. The van der Waals surface area contributed by atoms with Gasteiger partial charge in [0.1, 0.15) is 5.58 Å². The molecule has 1 nitrogen and oxygen atoms in total. The van der Waals surface area contributed by atoms with E-state index < -0.39 is 0 Å². The van der Waals surface area contributed by atoms with Crippen LogP contribution in [0.4, 0.5) is 0 Å². The van der Waals surface area contributed by atoms with Crippen molar-refractivity contribution >= 4 is 96.5 Å². The van der Waals surface area contributed by atoms with Gasteiger partial charge in [0.15, 0.2) is 5.58 Å². The smallest absolute Gasteiger partial charge is 0.153 e. The second kappa shape index (κ2) is 11.4. The maximum Gasteiger partial charge on any atom is 0.153 e. The zero-order valence-corrected chi connectivity index (χ0v) is 30.0. The van der Waals surface area contributed by atoms with Crippen LogP contribution in [0.5, 0.6) is 0 Å². The summed E-state index contributed by atoms with van der Waals surface area (Å²) >= 11 is 1.83. The number of benzene rings is 10. The highest BCUT2D eigenvalue weighted by molar-refractivity contribution is 7.26. The maximum atomic E-state index is 6.63. The van der Waals surface area contributed by atoms with Crippen molar-refractivity contribution in [1.29, 1.82) is 0 Å². The topological polar surface area (TPSA) is 13.1 Å². The number of rotatable bonds is 3. The van der Waals surface area contributed by atoms with Gasteiger partial charge in [-0.2, -0.15) is 0 Å². The summed E-state index contributed by atoms with van der Waals surface area (Å²) in [7, 11) is 0. The van der Waals surface area contributed by atoms with Crippen LogP contribution in [0.2, 0.25) is 0 Å². The minimum atomic E-state index is 0.923. The van der Waals surface area contributed by atoms with Crippen LogP contribution in [-0.2, 0) is 0 Å². The van der Waals surface area contributed by atoms with E-state index in [0.29, 0.717) is 0 Å². The molecular formula is C52H30OS. The Balaban J connectivity index is 0.980. The van der Waals surface area contributed by atoms with Crippen molar-refractivity contribution < 1.29 is 4.42 Å². The van der Waals surface area contributed by atoms with Crippen molar-refractivity contribution in [3.63, 3.8) is 0 Å². The van der Waals surface area contributed by atoms with E-state index in [1.807, 2.05) is 11.3 Å². The minimum Gasteiger partial charge on any atom is -0.455 e. The number of hydrogen-bond acceptors (Lipinski definition) is 2. The van der Waals surface area contributed by atoms with Crippen LogP contribution in [0.1, 0.15) is 0 Å². The molecule has 0 radical (unpaired) electrons. The SMILES string of the molecule is c1ccc(-c2c3ccccc3c(-c3ccc4cc(-c5ccc6oc7c(ccc8c7sc7ccc9ccccc9c78)c6c5)ccc4c3)c3ccccc23)cc1. The first-order chi connectivity index (χ1) is 26.8. The van der Waals surface area contributed by atoms with Crippen LogP contribution in [0.15, 0.2) is 186 Å². The Kier molecular flexibility index (Phi) is 6.28. The van der Waals surface area contributed by atoms with Gasteiger partial charge in [-0.05, 0) is 113 Å². The number of fused-ring (bicyclic) bond motifs is 12. The zero-order valence-electron chi connectivity index (χ0n) is 29.1. The Labute approximate surface area is 314 Å². The Morgan fingerprint density at radius 3 is 1.63 bits per heavy atom. The van der Waals surface area contributed by atoms with Crippen LogP contribution in [0.25, 0.3) is 119 Å². The van der Waals surface area contributed by atoms with E-state index in [-0.39, 0.29) is 0 Å². The van der Waals surface area contributed by atoms with Crippen molar-refractivity contribution in [2.24, 2.45) is 0 Å². The minimum absolute atomic E-state index is 0.923. The van der Waals surface area contributed by atoms with Gasteiger partial charge in [0.2, 0.25) is 0 Å². The van der Waals surface area contributed by atoms with E-state index in [0.717, 1.165) is 16.6 Å².